The molecular weight excluding hydrogens is 244 g/mol. The molecule has 0 saturated carbocycles. The lowest BCUT2D eigenvalue weighted by Gasteiger charge is -2.14. The maximum atomic E-state index is 11.2. The van der Waals surface area contributed by atoms with Gasteiger partial charge in [-0.2, -0.15) is 4.31 Å². The molecule has 84 valence electrons. The van der Waals surface area contributed by atoms with Crippen molar-refractivity contribution in [3.63, 3.8) is 0 Å². The van der Waals surface area contributed by atoms with Crippen molar-refractivity contribution in [1.29, 1.82) is 0 Å². The van der Waals surface area contributed by atoms with E-state index in [4.69, 9.17) is 15.3 Å². The molecule has 1 atom stereocenters. The molecule has 0 aliphatic heterocycles. The van der Waals surface area contributed by atoms with Crippen LogP contribution in [0, 0.1) is 0 Å². The summed E-state index contributed by atoms with van der Waals surface area (Å²) < 4.78 is 30.0. The summed E-state index contributed by atoms with van der Waals surface area (Å²) in [6, 6.07) is 7.67. The second-order valence-corrected chi connectivity index (χ2v) is 5.41. The number of hydrogen-bond donors (Lipinski definition) is 3. The van der Waals surface area contributed by atoms with Gasteiger partial charge < -0.3 is 14.3 Å². The van der Waals surface area contributed by atoms with E-state index < -0.39 is 15.6 Å². The first kappa shape index (κ1) is 12.4. The maximum absolute atomic E-state index is 11.2. The summed E-state index contributed by atoms with van der Waals surface area (Å²) >= 11 is 0. The summed E-state index contributed by atoms with van der Waals surface area (Å²) in [5.74, 6) is 0.0942. The highest BCUT2D eigenvalue weighted by Crippen LogP contribution is 2.54. The number of rotatable bonds is 4. The summed E-state index contributed by atoms with van der Waals surface area (Å²) in [6.07, 6.45) is 0. The van der Waals surface area contributed by atoms with E-state index in [1.807, 2.05) is 0 Å². The first-order chi connectivity index (χ1) is 6.79. The van der Waals surface area contributed by atoms with Crippen LogP contribution in [0.15, 0.2) is 30.3 Å². The molecule has 1 unspecified atom stereocenters. The van der Waals surface area contributed by atoms with Gasteiger partial charge in [-0.05, 0) is 12.1 Å². The zero-order valence-electron chi connectivity index (χ0n) is 7.39. The molecule has 9 heteroatoms. The van der Waals surface area contributed by atoms with E-state index in [1.54, 1.807) is 18.2 Å². The standard InChI is InChI=1S/C6H9NO6P2/c7-14(8,13-15(9,10)11)12-6-4-2-1-3-5-6/h1-5H,(H2,7,8)(H2,9,10,11). The number of phosphoric acid groups is 1. The second-order valence-electron chi connectivity index (χ2n) is 2.52. The fourth-order valence-electron chi connectivity index (χ4n) is 0.793. The van der Waals surface area contributed by atoms with E-state index in [0.29, 0.717) is 0 Å². The molecule has 1 aromatic carbocycles. The Morgan fingerprint density at radius 2 is 1.67 bits per heavy atom. The molecule has 7 nitrogen and oxygen atoms in total. The molecule has 0 spiro atoms. The Labute approximate surface area is 85.7 Å². The molecule has 15 heavy (non-hydrogen) atoms. The van der Waals surface area contributed by atoms with Crippen LogP contribution in [0.3, 0.4) is 0 Å². The molecular formula is C6H9NO6P2. The van der Waals surface area contributed by atoms with Gasteiger partial charge in [0.05, 0.1) is 0 Å². The van der Waals surface area contributed by atoms with Crippen LogP contribution in [0.5, 0.6) is 5.75 Å². The van der Waals surface area contributed by atoms with E-state index in [-0.39, 0.29) is 5.75 Å². The molecule has 0 radical (unpaired) electrons. The molecule has 0 saturated heterocycles. The van der Waals surface area contributed by atoms with Gasteiger partial charge in [0.15, 0.2) is 0 Å². The zero-order chi connectivity index (χ0) is 11.5. The molecule has 1 rings (SSSR count). The third kappa shape index (κ3) is 5.09. The van der Waals surface area contributed by atoms with Crippen molar-refractivity contribution in [3.8, 4) is 5.75 Å². The summed E-state index contributed by atoms with van der Waals surface area (Å²) in [4.78, 5) is 16.8. The predicted octanol–water partition coefficient (Wildman–Crippen LogP) is 1.24. The Bertz CT molecular complexity index is 415. The summed E-state index contributed by atoms with van der Waals surface area (Å²) in [7, 11) is -9.24. The van der Waals surface area contributed by atoms with E-state index in [0.717, 1.165) is 0 Å². The first-order valence-electron chi connectivity index (χ1n) is 3.69. The van der Waals surface area contributed by atoms with Crippen molar-refractivity contribution in [2.45, 2.75) is 0 Å². The third-order valence-corrected chi connectivity index (χ3v) is 3.42. The SMILES string of the molecule is NP(=O)(Oc1ccccc1)OP(=O)(O)O. The topological polar surface area (TPSA) is 119 Å². The maximum Gasteiger partial charge on any atom is 0.478 e. The van der Waals surface area contributed by atoms with Crippen molar-refractivity contribution in [2.75, 3.05) is 0 Å². The number of para-hydroxylation sites is 1. The van der Waals surface area contributed by atoms with Crippen molar-refractivity contribution < 1.29 is 27.8 Å². The predicted molar refractivity (Wildman–Crippen MR) is 52.0 cm³/mol. The molecule has 1 aromatic rings. The van der Waals surface area contributed by atoms with Gasteiger partial charge in [-0.3, -0.25) is 0 Å². The largest absolute Gasteiger partial charge is 0.478 e. The highest BCUT2D eigenvalue weighted by molar-refractivity contribution is 7.62. The average Bonchev–Trinajstić information content (AvgIpc) is 1.99. The fourth-order valence-corrected chi connectivity index (χ4v) is 2.53. The van der Waals surface area contributed by atoms with E-state index >= 15 is 0 Å². The van der Waals surface area contributed by atoms with Crippen LogP contribution in [-0.4, -0.2) is 9.79 Å². The summed E-state index contributed by atoms with van der Waals surface area (Å²) in [5.41, 5.74) is 4.95. The Balaban J connectivity index is 2.74. The van der Waals surface area contributed by atoms with Crippen molar-refractivity contribution in [2.24, 2.45) is 5.50 Å². The lowest BCUT2D eigenvalue weighted by atomic mass is 10.3. The normalized spacial score (nSPS) is 15.7. The summed E-state index contributed by atoms with van der Waals surface area (Å²) in [6.45, 7) is 0. The van der Waals surface area contributed by atoms with E-state index in [2.05, 4.69) is 8.83 Å². The van der Waals surface area contributed by atoms with Gasteiger partial charge in [-0.15, -0.1) is 0 Å². The van der Waals surface area contributed by atoms with Gasteiger partial charge in [-0.1, -0.05) is 18.2 Å². The molecule has 0 aliphatic carbocycles. The summed E-state index contributed by atoms with van der Waals surface area (Å²) in [5, 5.41) is 0. The van der Waals surface area contributed by atoms with Crippen LogP contribution in [0.1, 0.15) is 0 Å². The first-order valence-corrected chi connectivity index (χ1v) is 6.83. The lowest BCUT2D eigenvalue weighted by molar-refractivity contribution is 0.266. The van der Waals surface area contributed by atoms with E-state index in [9.17, 15) is 9.13 Å². The van der Waals surface area contributed by atoms with Crippen LogP contribution in [0.2, 0.25) is 0 Å². The van der Waals surface area contributed by atoms with Gasteiger partial charge >= 0.3 is 15.6 Å². The molecule has 0 aromatic heterocycles. The minimum absolute atomic E-state index is 0.0942. The number of nitrogens with two attached hydrogens (primary N) is 1. The Morgan fingerprint density at radius 1 is 1.13 bits per heavy atom. The molecule has 0 fully saturated rings. The van der Waals surface area contributed by atoms with Gasteiger partial charge in [0, 0.05) is 0 Å². The highest BCUT2D eigenvalue weighted by atomic mass is 31.3. The second kappa shape index (κ2) is 4.45. The van der Waals surface area contributed by atoms with Gasteiger partial charge in [0.1, 0.15) is 5.75 Å². The fraction of sp³-hybridized carbons (Fsp3) is 0. The zero-order valence-corrected chi connectivity index (χ0v) is 9.17. The van der Waals surface area contributed by atoms with Gasteiger partial charge in [0.25, 0.3) is 0 Å². The Hall–Kier alpha value is -0.680. The van der Waals surface area contributed by atoms with Crippen LogP contribution < -0.4 is 10.0 Å². The van der Waals surface area contributed by atoms with Crippen LogP contribution in [0.4, 0.5) is 0 Å². The minimum Gasteiger partial charge on any atom is -0.413 e. The Morgan fingerprint density at radius 3 is 2.13 bits per heavy atom. The smallest absolute Gasteiger partial charge is 0.413 e. The number of benzene rings is 1. The molecule has 4 N–H and O–H groups in total. The highest BCUT2D eigenvalue weighted by Gasteiger charge is 2.31. The quantitative estimate of drug-likeness (QED) is 0.690. The van der Waals surface area contributed by atoms with Crippen molar-refractivity contribution >= 4 is 15.6 Å². The monoisotopic (exact) mass is 253 g/mol. The molecule has 0 aliphatic rings. The average molecular weight is 253 g/mol. The molecule has 0 amide bonds. The van der Waals surface area contributed by atoms with Crippen LogP contribution in [0.25, 0.3) is 0 Å². The van der Waals surface area contributed by atoms with Gasteiger partial charge in [0.2, 0.25) is 0 Å². The van der Waals surface area contributed by atoms with Crippen LogP contribution in [-0.2, 0) is 13.4 Å². The molecule has 0 bridgehead atoms. The van der Waals surface area contributed by atoms with Gasteiger partial charge in [-0.25, -0.2) is 14.6 Å². The van der Waals surface area contributed by atoms with Crippen LogP contribution >= 0.6 is 15.6 Å². The molecule has 0 heterocycles. The Kier molecular flexibility index (Phi) is 3.67. The van der Waals surface area contributed by atoms with E-state index in [1.165, 1.54) is 12.1 Å². The van der Waals surface area contributed by atoms with Crippen molar-refractivity contribution in [1.82, 2.24) is 0 Å². The third-order valence-electron chi connectivity index (χ3n) is 1.20. The lowest BCUT2D eigenvalue weighted by Crippen LogP contribution is -2.05. The van der Waals surface area contributed by atoms with Crippen molar-refractivity contribution in [3.05, 3.63) is 30.3 Å². The number of hydrogen-bond acceptors (Lipinski definition) is 4. The minimum atomic E-state index is -4.94.